The largest absolute Gasteiger partial charge is 0.339 e. The van der Waals surface area contributed by atoms with E-state index in [4.69, 9.17) is 0 Å². The molecule has 0 unspecified atom stereocenters. The highest BCUT2D eigenvalue weighted by Crippen LogP contribution is 2.08. The number of hydrogen-bond acceptors (Lipinski definition) is 5. The minimum absolute atomic E-state index is 0. The molecule has 3 heterocycles. The molecule has 1 fully saturated rings. The van der Waals surface area contributed by atoms with Crippen LogP contribution in [-0.4, -0.2) is 45.8 Å². The minimum atomic E-state index is -0.124. The van der Waals surface area contributed by atoms with Crippen molar-refractivity contribution in [2.24, 2.45) is 0 Å². The van der Waals surface area contributed by atoms with Gasteiger partial charge in [-0.05, 0) is 6.92 Å². The first-order chi connectivity index (χ1) is 8.24. The number of aromatic nitrogens is 4. The first-order valence-corrected chi connectivity index (χ1v) is 5.66. The fraction of sp³-hybridized carbons (Fsp3) is 0.500. The molecule has 2 aromatic heterocycles. The highest BCUT2D eigenvalue weighted by atomic mass is 35.5. The summed E-state index contributed by atoms with van der Waals surface area (Å²) in [5, 5.41) is 6.26. The van der Waals surface area contributed by atoms with E-state index in [0.29, 0.717) is 17.4 Å². The van der Waals surface area contributed by atoms with E-state index in [9.17, 15) is 4.79 Å². The number of hydrogen-bond donors (Lipinski definition) is 2. The summed E-state index contributed by atoms with van der Waals surface area (Å²) in [6, 6.07) is 1.49. The lowest BCUT2D eigenvalue weighted by molar-refractivity contribution is 0.579. The zero-order chi connectivity index (χ0) is 11.8. The Labute approximate surface area is 110 Å². The molecular weight excluding hydrogens is 256 g/mol. The second-order valence-electron chi connectivity index (χ2n) is 4.16. The summed E-state index contributed by atoms with van der Waals surface area (Å²) in [4.78, 5) is 22.4. The average molecular weight is 271 g/mol. The Hall–Kier alpha value is -1.60. The van der Waals surface area contributed by atoms with Crippen LogP contribution in [0, 0.1) is 6.92 Å². The Morgan fingerprint density at radius 3 is 2.72 bits per heavy atom. The van der Waals surface area contributed by atoms with Crippen molar-refractivity contribution in [3.05, 3.63) is 22.1 Å². The smallest absolute Gasteiger partial charge is 0.274 e. The molecule has 0 saturated carbocycles. The van der Waals surface area contributed by atoms with E-state index in [2.05, 4.69) is 25.3 Å². The Balaban J connectivity index is 0.00000120. The van der Waals surface area contributed by atoms with Crippen LogP contribution >= 0.6 is 12.4 Å². The third kappa shape index (κ3) is 2.19. The van der Waals surface area contributed by atoms with Gasteiger partial charge in [0.15, 0.2) is 0 Å². The molecule has 1 saturated heterocycles. The SMILES string of the molecule is Cc1cc(=O)n2[nH]c(N3CCNCC3)nc2n1.Cl. The van der Waals surface area contributed by atoms with Gasteiger partial charge >= 0.3 is 0 Å². The molecular formula is C10H15ClN6O. The number of rotatable bonds is 1. The third-order valence-corrected chi connectivity index (χ3v) is 2.86. The van der Waals surface area contributed by atoms with Crippen LogP contribution in [0.5, 0.6) is 0 Å². The van der Waals surface area contributed by atoms with Gasteiger partial charge in [0.25, 0.3) is 11.3 Å². The van der Waals surface area contributed by atoms with Crippen molar-refractivity contribution in [2.75, 3.05) is 31.1 Å². The van der Waals surface area contributed by atoms with E-state index < -0.39 is 0 Å². The summed E-state index contributed by atoms with van der Waals surface area (Å²) in [5.41, 5.74) is 0.565. The van der Waals surface area contributed by atoms with Crippen LogP contribution in [0.1, 0.15) is 5.69 Å². The first kappa shape index (κ1) is 12.8. The van der Waals surface area contributed by atoms with E-state index in [1.807, 2.05) is 0 Å². The molecule has 1 aliphatic rings. The molecule has 2 N–H and O–H groups in total. The highest BCUT2D eigenvalue weighted by Gasteiger charge is 2.15. The van der Waals surface area contributed by atoms with Gasteiger partial charge in [-0.1, -0.05) is 0 Å². The number of nitrogens with one attached hydrogen (secondary N) is 2. The molecule has 0 aromatic carbocycles. The van der Waals surface area contributed by atoms with E-state index in [-0.39, 0.29) is 18.0 Å². The summed E-state index contributed by atoms with van der Waals surface area (Å²) < 4.78 is 1.38. The Bertz CT molecular complexity index is 600. The van der Waals surface area contributed by atoms with Crippen molar-refractivity contribution >= 4 is 24.1 Å². The fourth-order valence-electron chi connectivity index (χ4n) is 2.00. The predicted octanol–water partition coefficient (Wildman–Crippen LogP) is -0.443. The Kier molecular flexibility index (Phi) is 3.53. The Morgan fingerprint density at radius 1 is 1.28 bits per heavy atom. The molecule has 1 aliphatic heterocycles. The van der Waals surface area contributed by atoms with Crippen LogP contribution in [0.3, 0.4) is 0 Å². The molecule has 0 radical (unpaired) electrons. The van der Waals surface area contributed by atoms with Crippen LogP contribution in [0.25, 0.3) is 5.78 Å². The van der Waals surface area contributed by atoms with Gasteiger partial charge in [0.1, 0.15) is 0 Å². The molecule has 8 heteroatoms. The quantitative estimate of drug-likeness (QED) is 0.734. The van der Waals surface area contributed by atoms with Gasteiger partial charge in [0, 0.05) is 37.9 Å². The monoisotopic (exact) mass is 270 g/mol. The molecule has 3 rings (SSSR count). The van der Waals surface area contributed by atoms with Gasteiger partial charge in [-0.2, -0.15) is 9.50 Å². The Morgan fingerprint density at radius 2 is 2.00 bits per heavy atom. The molecule has 0 spiro atoms. The topological polar surface area (TPSA) is 78.3 Å². The summed E-state index contributed by atoms with van der Waals surface area (Å²) in [6.45, 7) is 5.42. The van der Waals surface area contributed by atoms with E-state index in [1.165, 1.54) is 10.6 Å². The number of halogens is 1. The van der Waals surface area contributed by atoms with Crippen molar-refractivity contribution in [1.82, 2.24) is 24.9 Å². The van der Waals surface area contributed by atoms with Crippen molar-refractivity contribution in [3.8, 4) is 0 Å². The van der Waals surface area contributed by atoms with Crippen LogP contribution in [0.15, 0.2) is 10.9 Å². The lowest BCUT2D eigenvalue weighted by atomic mass is 10.4. The lowest BCUT2D eigenvalue weighted by Crippen LogP contribution is -2.44. The molecule has 0 amide bonds. The number of H-pyrrole nitrogens is 1. The van der Waals surface area contributed by atoms with Crippen LogP contribution in [0.4, 0.5) is 5.95 Å². The molecule has 0 aliphatic carbocycles. The van der Waals surface area contributed by atoms with E-state index in [0.717, 1.165) is 26.2 Å². The lowest BCUT2D eigenvalue weighted by Gasteiger charge is -2.26. The van der Waals surface area contributed by atoms with Gasteiger partial charge in [-0.15, -0.1) is 12.4 Å². The molecule has 18 heavy (non-hydrogen) atoms. The second kappa shape index (κ2) is 4.95. The third-order valence-electron chi connectivity index (χ3n) is 2.86. The normalized spacial score (nSPS) is 15.7. The standard InChI is InChI=1S/C10H14N6O.ClH/c1-7-6-8(17)16-9(12-7)13-10(14-16)15-4-2-11-3-5-15;/h6,11H,2-5H2,1H3,(H,12,13,14);1H. The number of aryl methyl sites for hydroxylation is 1. The molecule has 2 aromatic rings. The van der Waals surface area contributed by atoms with Gasteiger partial charge < -0.3 is 10.2 Å². The second-order valence-corrected chi connectivity index (χ2v) is 4.16. The number of fused-ring (bicyclic) bond motifs is 1. The summed E-state index contributed by atoms with van der Waals surface area (Å²) in [6.07, 6.45) is 0. The zero-order valence-corrected chi connectivity index (χ0v) is 10.8. The van der Waals surface area contributed by atoms with Gasteiger partial charge in [0.2, 0.25) is 5.95 Å². The van der Waals surface area contributed by atoms with Gasteiger partial charge in [0.05, 0.1) is 0 Å². The molecule has 0 atom stereocenters. The highest BCUT2D eigenvalue weighted by molar-refractivity contribution is 5.85. The van der Waals surface area contributed by atoms with Gasteiger partial charge in [-0.3, -0.25) is 9.89 Å². The molecule has 0 bridgehead atoms. The number of nitrogens with zero attached hydrogens (tertiary/aromatic N) is 4. The summed E-state index contributed by atoms with van der Waals surface area (Å²) >= 11 is 0. The van der Waals surface area contributed by atoms with E-state index in [1.54, 1.807) is 6.92 Å². The van der Waals surface area contributed by atoms with Crippen molar-refractivity contribution in [2.45, 2.75) is 6.92 Å². The number of aromatic amines is 1. The zero-order valence-electron chi connectivity index (χ0n) is 10.0. The number of anilines is 1. The van der Waals surface area contributed by atoms with Crippen LogP contribution < -0.4 is 15.8 Å². The predicted molar refractivity (Wildman–Crippen MR) is 70.7 cm³/mol. The van der Waals surface area contributed by atoms with Crippen LogP contribution in [0.2, 0.25) is 0 Å². The van der Waals surface area contributed by atoms with Crippen LogP contribution in [-0.2, 0) is 0 Å². The first-order valence-electron chi connectivity index (χ1n) is 5.66. The summed E-state index contributed by atoms with van der Waals surface area (Å²) in [5.74, 6) is 1.14. The number of piperazine rings is 1. The molecule has 7 nitrogen and oxygen atoms in total. The summed E-state index contributed by atoms with van der Waals surface area (Å²) in [7, 11) is 0. The van der Waals surface area contributed by atoms with Crippen molar-refractivity contribution in [3.63, 3.8) is 0 Å². The minimum Gasteiger partial charge on any atom is -0.339 e. The van der Waals surface area contributed by atoms with Crippen molar-refractivity contribution in [1.29, 1.82) is 0 Å². The molecule has 98 valence electrons. The maximum atomic E-state index is 11.7. The van der Waals surface area contributed by atoms with E-state index >= 15 is 0 Å². The average Bonchev–Trinajstić information content (AvgIpc) is 2.74. The van der Waals surface area contributed by atoms with Crippen molar-refractivity contribution < 1.29 is 0 Å². The maximum Gasteiger partial charge on any atom is 0.274 e. The van der Waals surface area contributed by atoms with Gasteiger partial charge in [-0.25, -0.2) is 4.98 Å². The maximum absolute atomic E-state index is 11.7. The fourth-order valence-corrected chi connectivity index (χ4v) is 2.00.